The summed E-state index contributed by atoms with van der Waals surface area (Å²) in [7, 11) is 0. The highest BCUT2D eigenvalue weighted by Gasteiger charge is 2.01. The normalized spacial score (nSPS) is 10.6. The van der Waals surface area contributed by atoms with E-state index >= 15 is 0 Å². The second kappa shape index (κ2) is 8.85. The van der Waals surface area contributed by atoms with Gasteiger partial charge in [-0.05, 0) is 30.5 Å². The molecule has 2 rings (SSSR count). The van der Waals surface area contributed by atoms with Crippen molar-refractivity contribution in [3.63, 3.8) is 0 Å². The first-order valence-electron chi connectivity index (χ1n) is 7.08. The summed E-state index contributed by atoms with van der Waals surface area (Å²) < 4.78 is 0. The summed E-state index contributed by atoms with van der Waals surface area (Å²) in [4.78, 5) is 11.6. The fourth-order valence-electron chi connectivity index (χ4n) is 1.88. The first-order valence-corrected chi connectivity index (χ1v) is 7.46. The number of carbonyl (C=O) groups is 1. The molecule has 0 aromatic heterocycles. The number of nitrogens with zero attached hydrogens (tertiary/aromatic N) is 1. The SMILES string of the molecule is O=C(CNc1ccccc1Cl)N/N=C/CCc1ccccc1. The van der Waals surface area contributed by atoms with E-state index in [1.807, 2.05) is 36.4 Å². The fraction of sp³-hybridized carbons (Fsp3) is 0.176. The third kappa shape index (κ3) is 5.58. The number of carbonyl (C=O) groups excluding carboxylic acids is 1. The molecule has 0 fully saturated rings. The van der Waals surface area contributed by atoms with E-state index in [9.17, 15) is 4.79 Å². The van der Waals surface area contributed by atoms with Gasteiger partial charge < -0.3 is 5.32 Å². The molecule has 0 aliphatic carbocycles. The Morgan fingerprint density at radius 2 is 1.82 bits per heavy atom. The van der Waals surface area contributed by atoms with Crippen LogP contribution in [0, 0.1) is 0 Å². The van der Waals surface area contributed by atoms with Gasteiger partial charge in [0.05, 0.1) is 17.3 Å². The molecular weight excluding hydrogens is 298 g/mol. The molecule has 0 aliphatic rings. The van der Waals surface area contributed by atoms with Crippen LogP contribution in [-0.2, 0) is 11.2 Å². The maximum Gasteiger partial charge on any atom is 0.259 e. The summed E-state index contributed by atoms with van der Waals surface area (Å²) in [5.74, 6) is -0.212. The number of halogens is 1. The number of aryl methyl sites for hydroxylation is 1. The van der Waals surface area contributed by atoms with Crippen molar-refractivity contribution >= 4 is 29.4 Å². The molecular formula is C17H18ClN3O. The van der Waals surface area contributed by atoms with E-state index in [0.29, 0.717) is 5.02 Å². The van der Waals surface area contributed by atoms with E-state index in [0.717, 1.165) is 18.5 Å². The maximum absolute atomic E-state index is 11.6. The van der Waals surface area contributed by atoms with Gasteiger partial charge in [0, 0.05) is 6.21 Å². The van der Waals surface area contributed by atoms with Gasteiger partial charge in [0.2, 0.25) is 0 Å². The van der Waals surface area contributed by atoms with Crippen molar-refractivity contribution in [2.24, 2.45) is 5.10 Å². The number of hydrogen-bond acceptors (Lipinski definition) is 3. The van der Waals surface area contributed by atoms with Crippen molar-refractivity contribution in [3.8, 4) is 0 Å². The molecule has 114 valence electrons. The zero-order valence-electron chi connectivity index (χ0n) is 12.1. The number of hydrogen-bond donors (Lipinski definition) is 2. The minimum atomic E-state index is -0.212. The Kier molecular flexibility index (Phi) is 6.45. The van der Waals surface area contributed by atoms with Crippen LogP contribution in [0.25, 0.3) is 0 Å². The molecule has 0 atom stereocenters. The van der Waals surface area contributed by atoms with Crippen molar-refractivity contribution < 1.29 is 4.79 Å². The van der Waals surface area contributed by atoms with Crippen molar-refractivity contribution in [2.75, 3.05) is 11.9 Å². The fourth-order valence-corrected chi connectivity index (χ4v) is 2.08. The molecule has 0 bridgehead atoms. The number of hydrazone groups is 1. The van der Waals surface area contributed by atoms with Gasteiger partial charge in [0.25, 0.3) is 5.91 Å². The van der Waals surface area contributed by atoms with E-state index in [1.54, 1.807) is 12.3 Å². The summed E-state index contributed by atoms with van der Waals surface area (Å²) >= 11 is 5.99. The van der Waals surface area contributed by atoms with Crippen LogP contribution < -0.4 is 10.7 Å². The van der Waals surface area contributed by atoms with Gasteiger partial charge in [-0.2, -0.15) is 5.10 Å². The standard InChI is InChI=1S/C17H18ClN3O/c18-15-10-4-5-11-16(15)19-13-17(22)21-20-12-6-9-14-7-2-1-3-8-14/h1-5,7-8,10-12,19H,6,9,13H2,(H,21,22)/b20-12+. The Morgan fingerprint density at radius 1 is 1.09 bits per heavy atom. The second-order valence-electron chi connectivity index (χ2n) is 4.70. The molecule has 0 unspecified atom stereocenters. The second-order valence-corrected chi connectivity index (χ2v) is 5.11. The largest absolute Gasteiger partial charge is 0.375 e. The number of para-hydroxylation sites is 1. The van der Waals surface area contributed by atoms with Gasteiger partial charge >= 0.3 is 0 Å². The molecule has 2 N–H and O–H groups in total. The van der Waals surface area contributed by atoms with E-state index in [4.69, 9.17) is 11.6 Å². The Hall–Kier alpha value is -2.33. The summed E-state index contributed by atoms with van der Waals surface area (Å²) in [6.45, 7) is 0.125. The first kappa shape index (κ1) is 16.0. The van der Waals surface area contributed by atoms with Crippen LogP contribution >= 0.6 is 11.6 Å². The highest BCUT2D eigenvalue weighted by Crippen LogP contribution is 2.19. The summed E-state index contributed by atoms with van der Waals surface area (Å²) in [5, 5.41) is 7.47. The minimum Gasteiger partial charge on any atom is -0.375 e. The zero-order chi connectivity index (χ0) is 15.6. The van der Waals surface area contributed by atoms with Gasteiger partial charge in [0.1, 0.15) is 0 Å². The molecule has 0 spiro atoms. The quantitative estimate of drug-likeness (QED) is 0.607. The molecule has 0 heterocycles. The lowest BCUT2D eigenvalue weighted by atomic mass is 10.1. The molecule has 5 heteroatoms. The molecule has 22 heavy (non-hydrogen) atoms. The van der Waals surface area contributed by atoms with Crippen LogP contribution in [0.5, 0.6) is 0 Å². The van der Waals surface area contributed by atoms with Crippen molar-refractivity contribution in [3.05, 3.63) is 65.2 Å². The maximum atomic E-state index is 11.6. The zero-order valence-corrected chi connectivity index (χ0v) is 12.9. The smallest absolute Gasteiger partial charge is 0.259 e. The van der Waals surface area contributed by atoms with E-state index in [2.05, 4.69) is 28.0 Å². The monoisotopic (exact) mass is 315 g/mol. The topological polar surface area (TPSA) is 53.5 Å². The van der Waals surface area contributed by atoms with Crippen LogP contribution in [0.1, 0.15) is 12.0 Å². The Labute approximate surface area is 135 Å². The molecule has 2 aromatic rings. The van der Waals surface area contributed by atoms with E-state index in [-0.39, 0.29) is 12.5 Å². The van der Waals surface area contributed by atoms with Crippen molar-refractivity contribution in [2.45, 2.75) is 12.8 Å². The first-order chi connectivity index (χ1) is 10.8. The van der Waals surface area contributed by atoms with Crippen LogP contribution in [0.3, 0.4) is 0 Å². The number of anilines is 1. The molecule has 2 aromatic carbocycles. The molecule has 0 aliphatic heterocycles. The number of benzene rings is 2. The predicted molar refractivity (Wildman–Crippen MR) is 91.3 cm³/mol. The van der Waals surface area contributed by atoms with Crippen LogP contribution in [0.2, 0.25) is 5.02 Å². The summed E-state index contributed by atoms with van der Waals surface area (Å²) in [6.07, 6.45) is 3.39. The molecule has 0 radical (unpaired) electrons. The summed E-state index contributed by atoms with van der Waals surface area (Å²) in [5.41, 5.74) is 4.46. The van der Waals surface area contributed by atoms with Gasteiger partial charge in [0.15, 0.2) is 0 Å². The lowest BCUT2D eigenvalue weighted by Crippen LogP contribution is -2.25. The average Bonchev–Trinajstić information content (AvgIpc) is 2.55. The number of nitrogens with one attached hydrogen (secondary N) is 2. The van der Waals surface area contributed by atoms with E-state index < -0.39 is 0 Å². The van der Waals surface area contributed by atoms with Gasteiger partial charge in [-0.15, -0.1) is 0 Å². The Balaban J connectivity index is 1.65. The number of rotatable bonds is 7. The highest BCUT2D eigenvalue weighted by atomic mass is 35.5. The summed E-state index contributed by atoms with van der Waals surface area (Å²) in [6, 6.07) is 17.4. The van der Waals surface area contributed by atoms with Crippen molar-refractivity contribution in [1.82, 2.24) is 5.43 Å². The van der Waals surface area contributed by atoms with Gasteiger partial charge in [-0.1, -0.05) is 54.1 Å². The Bertz CT molecular complexity index is 629. The number of amides is 1. The van der Waals surface area contributed by atoms with Crippen LogP contribution in [0.4, 0.5) is 5.69 Å². The lowest BCUT2D eigenvalue weighted by Gasteiger charge is -2.06. The third-order valence-electron chi connectivity index (χ3n) is 3.00. The lowest BCUT2D eigenvalue weighted by molar-refractivity contribution is -0.119. The highest BCUT2D eigenvalue weighted by molar-refractivity contribution is 6.33. The Morgan fingerprint density at radius 3 is 2.59 bits per heavy atom. The van der Waals surface area contributed by atoms with Gasteiger partial charge in [-0.25, -0.2) is 5.43 Å². The average molecular weight is 316 g/mol. The predicted octanol–water partition coefficient (Wildman–Crippen LogP) is 3.49. The molecule has 0 saturated heterocycles. The van der Waals surface area contributed by atoms with Crippen LogP contribution in [-0.4, -0.2) is 18.7 Å². The van der Waals surface area contributed by atoms with Crippen molar-refractivity contribution in [1.29, 1.82) is 0 Å². The minimum absolute atomic E-state index is 0.125. The molecule has 1 amide bonds. The third-order valence-corrected chi connectivity index (χ3v) is 3.33. The van der Waals surface area contributed by atoms with Crippen LogP contribution in [0.15, 0.2) is 59.7 Å². The molecule has 0 saturated carbocycles. The van der Waals surface area contributed by atoms with E-state index in [1.165, 1.54) is 5.56 Å². The molecule has 4 nitrogen and oxygen atoms in total. The van der Waals surface area contributed by atoms with Gasteiger partial charge in [-0.3, -0.25) is 4.79 Å².